The lowest BCUT2D eigenvalue weighted by atomic mass is 10.1. The van der Waals surface area contributed by atoms with Gasteiger partial charge in [0.15, 0.2) is 0 Å². The number of anilines is 1. The first-order valence-corrected chi connectivity index (χ1v) is 6.62. The molecule has 1 unspecified atom stereocenters. The number of nitro groups is 1. The molecule has 2 aromatic carbocycles. The molecule has 0 aliphatic rings. The summed E-state index contributed by atoms with van der Waals surface area (Å²) in [6.07, 6.45) is 0. The maximum absolute atomic E-state index is 10.7. The van der Waals surface area contributed by atoms with Crippen LogP contribution in [0.3, 0.4) is 0 Å². The Balaban J connectivity index is 2.14. The lowest BCUT2D eigenvalue weighted by Gasteiger charge is -2.15. The molecular weight excluding hydrogens is 308 g/mol. The minimum absolute atomic E-state index is 0.0788. The third-order valence-electron chi connectivity index (χ3n) is 2.81. The second kappa shape index (κ2) is 5.84. The molecule has 0 bridgehead atoms. The number of hydrogen-bond acceptors (Lipinski definition) is 3. The molecule has 4 nitrogen and oxygen atoms in total. The third kappa shape index (κ3) is 3.54. The lowest BCUT2D eigenvalue weighted by Crippen LogP contribution is -2.06. The van der Waals surface area contributed by atoms with E-state index in [1.165, 1.54) is 12.1 Å². The predicted molar refractivity (Wildman–Crippen MR) is 79.3 cm³/mol. The van der Waals surface area contributed by atoms with Crippen molar-refractivity contribution in [3.63, 3.8) is 0 Å². The Morgan fingerprint density at radius 3 is 2.53 bits per heavy atom. The first kappa shape index (κ1) is 13.5. The molecule has 0 amide bonds. The van der Waals surface area contributed by atoms with Gasteiger partial charge in [-0.1, -0.05) is 34.1 Å². The van der Waals surface area contributed by atoms with Crippen LogP contribution in [-0.2, 0) is 0 Å². The molecule has 0 radical (unpaired) electrons. The largest absolute Gasteiger partial charge is 0.378 e. The number of halogens is 1. The van der Waals surface area contributed by atoms with Gasteiger partial charge in [-0.3, -0.25) is 10.1 Å². The SMILES string of the molecule is CC(Nc1cccc([N+](=O)[O-])c1)c1ccc(Br)cc1. The van der Waals surface area contributed by atoms with Gasteiger partial charge >= 0.3 is 0 Å². The number of benzene rings is 2. The highest BCUT2D eigenvalue weighted by Gasteiger charge is 2.09. The van der Waals surface area contributed by atoms with Crippen molar-refractivity contribution in [1.82, 2.24) is 0 Å². The Kier molecular flexibility index (Phi) is 4.16. The average molecular weight is 321 g/mol. The highest BCUT2D eigenvalue weighted by molar-refractivity contribution is 9.10. The molecule has 0 fully saturated rings. The summed E-state index contributed by atoms with van der Waals surface area (Å²) < 4.78 is 1.03. The quantitative estimate of drug-likeness (QED) is 0.665. The van der Waals surface area contributed by atoms with E-state index in [0.29, 0.717) is 0 Å². The second-order valence-corrected chi connectivity index (χ2v) is 5.14. The van der Waals surface area contributed by atoms with Crippen molar-refractivity contribution in [2.24, 2.45) is 0 Å². The van der Waals surface area contributed by atoms with Crippen LogP contribution in [0.1, 0.15) is 18.5 Å². The molecule has 1 N–H and O–H groups in total. The normalized spacial score (nSPS) is 11.9. The Labute approximate surface area is 119 Å². The molecule has 0 spiro atoms. The number of rotatable bonds is 4. The molecule has 2 aromatic rings. The Bertz CT molecular complexity index is 584. The minimum atomic E-state index is -0.393. The van der Waals surface area contributed by atoms with E-state index >= 15 is 0 Å². The number of non-ortho nitro benzene ring substituents is 1. The van der Waals surface area contributed by atoms with E-state index < -0.39 is 4.92 Å². The standard InChI is InChI=1S/C14H13BrN2O2/c1-10(11-5-7-12(15)8-6-11)16-13-3-2-4-14(9-13)17(18)19/h2-10,16H,1H3. The van der Waals surface area contributed by atoms with Crippen LogP contribution in [0, 0.1) is 10.1 Å². The van der Waals surface area contributed by atoms with Crippen molar-refractivity contribution in [3.8, 4) is 0 Å². The summed E-state index contributed by atoms with van der Waals surface area (Å²) in [5.41, 5.74) is 1.95. The predicted octanol–water partition coefficient (Wildman–Crippen LogP) is 4.53. The summed E-state index contributed by atoms with van der Waals surface area (Å²) in [4.78, 5) is 10.3. The maximum Gasteiger partial charge on any atom is 0.271 e. The van der Waals surface area contributed by atoms with Crippen LogP contribution in [0.4, 0.5) is 11.4 Å². The highest BCUT2D eigenvalue weighted by Crippen LogP contribution is 2.23. The van der Waals surface area contributed by atoms with Crippen LogP contribution in [0.25, 0.3) is 0 Å². The van der Waals surface area contributed by atoms with Crippen molar-refractivity contribution in [2.75, 3.05) is 5.32 Å². The van der Waals surface area contributed by atoms with E-state index in [2.05, 4.69) is 21.2 Å². The van der Waals surface area contributed by atoms with E-state index in [1.807, 2.05) is 37.3 Å². The van der Waals surface area contributed by atoms with Crippen LogP contribution in [0.5, 0.6) is 0 Å². The highest BCUT2D eigenvalue weighted by atomic mass is 79.9. The fourth-order valence-electron chi connectivity index (χ4n) is 1.79. The van der Waals surface area contributed by atoms with Gasteiger partial charge in [0.05, 0.1) is 4.92 Å². The van der Waals surface area contributed by atoms with Gasteiger partial charge in [-0.05, 0) is 30.7 Å². The molecule has 0 saturated carbocycles. The summed E-state index contributed by atoms with van der Waals surface area (Å²) >= 11 is 3.39. The Morgan fingerprint density at radius 1 is 1.21 bits per heavy atom. The molecule has 0 saturated heterocycles. The Hall–Kier alpha value is -1.88. The monoisotopic (exact) mass is 320 g/mol. The van der Waals surface area contributed by atoms with Gasteiger partial charge < -0.3 is 5.32 Å². The van der Waals surface area contributed by atoms with Crippen molar-refractivity contribution in [2.45, 2.75) is 13.0 Å². The van der Waals surface area contributed by atoms with E-state index in [4.69, 9.17) is 0 Å². The summed E-state index contributed by atoms with van der Waals surface area (Å²) in [6, 6.07) is 14.6. The Morgan fingerprint density at radius 2 is 1.89 bits per heavy atom. The molecule has 0 aromatic heterocycles. The molecule has 19 heavy (non-hydrogen) atoms. The van der Waals surface area contributed by atoms with Crippen LogP contribution in [0.2, 0.25) is 0 Å². The molecule has 2 rings (SSSR count). The zero-order valence-electron chi connectivity index (χ0n) is 10.3. The minimum Gasteiger partial charge on any atom is -0.378 e. The number of nitro benzene ring substituents is 1. The number of nitrogens with zero attached hydrogens (tertiary/aromatic N) is 1. The fourth-order valence-corrected chi connectivity index (χ4v) is 2.06. The average Bonchev–Trinajstić information content (AvgIpc) is 2.39. The first-order chi connectivity index (χ1) is 9.06. The van der Waals surface area contributed by atoms with E-state index in [9.17, 15) is 10.1 Å². The summed E-state index contributed by atoms with van der Waals surface area (Å²) in [6.45, 7) is 2.02. The number of hydrogen-bond donors (Lipinski definition) is 1. The molecule has 0 heterocycles. The van der Waals surface area contributed by atoms with Gasteiger partial charge in [0.25, 0.3) is 5.69 Å². The van der Waals surface area contributed by atoms with Gasteiger partial charge in [0.1, 0.15) is 0 Å². The third-order valence-corrected chi connectivity index (χ3v) is 3.34. The van der Waals surface area contributed by atoms with Crippen molar-refractivity contribution < 1.29 is 4.92 Å². The summed E-state index contributed by atoms with van der Waals surface area (Å²) in [7, 11) is 0. The molecule has 1 atom stereocenters. The topological polar surface area (TPSA) is 55.2 Å². The first-order valence-electron chi connectivity index (χ1n) is 5.83. The fraction of sp³-hybridized carbons (Fsp3) is 0.143. The molecule has 0 aliphatic heterocycles. The lowest BCUT2D eigenvalue weighted by molar-refractivity contribution is -0.384. The van der Waals surface area contributed by atoms with Crippen molar-refractivity contribution >= 4 is 27.3 Å². The smallest absolute Gasteiger partial charge is 0.271 e. The van der Waals surface area contributed by atoms with Gasteiger partial charge in [0, 0.05) is 28.3 Å². The number of nitrogens with one attached hydrogen (secondary N) is 1. The molecule has 0 aliphatic carbocycles. The van der Waals surface area contributed by atoms with Gasteiger partial charge in [-0.2, -0.15) is 0 Å². The maximum atomic E-state index is 10.7. The van der Waals surface area contributed by atoms with Crippen LogP contribution >= 0.6 is 15.9 Å². The van der Waals surface area contributed by atoms with Gasteiger partial charge in [-0.25, -0.2) is 0 Å². The zero-order valence-corrected chi connectivity index (χ0v) is 11.9. The van der Waals surface area contributed by atoms with Crippen molar-refractivity contribution in [1.29, 1.82) is 0 Å². The van der Waals surface area contributed by atoms with Gasteiger partial charge in [0.2, 0.25) is 0 Å². The van der Waals surface area contributed by atoms with Crippen LogP contribution < -0.4 is 5.32 Å². The van der Waals surface area contributed by atoms with Crippen LogP contribution in [-0.4, -0.2) is 4.92 Å². The van der Waals surface area contributed by atoms with E-state index in [-0.39, 0.29) is 11.7 Å². The second-order valence-electron chi connectivity index (χ2n) is 4.23. The molecular formula is C14H13BrN2O2. The summed E-state index contributed by atoms with van der Waals surface area (Å²) in [5.74, 6) is 0. The zero-order chi connectivity index (χ0) is 13.8. The van der Waals surface area contributed by atoms with Gasteiger partial charge in [-0.15, -0.1) is 0 Å². The van der Waals surface area contributed by atoms with E-state index in [1.54, 1.807) is 6.07 Å². The van der Waals surface area contributed by atoms with E-state index in [0.717, 1.165) is 15.7 Å². The molecule has 5 heteroatoms. The van der Waals surface area contributed by atoms with Crippen molar-refractivity contribution in [3.05, 3.63) is 68.7 Å². The molecule has 98 valence electrons. The van der Waals surface area contributed by atoms with Crippen LogP contribution in [0.15, 0.2) is 53.0 Å². The summed E-state index contributed by atoms with van der Waals surface area (Å²) in [5, 5.41) is 14.0.